The summed E-state index contributed by atoms with van der Waals surface area (Å²) in [6.07, 6.45) is -8.17. The van der Waals surface area contributed by atoms with Crippen molar-refractivity contribution in [3.63, 3.8) is 0 Å². The van der Waals surface area contributed by atoms with Gasteiger partial charge in [0.15, 0.2) is 17.3 Å². The second kappa shape index (κ2) is 11.7. The van der Waals surface area contributed by atoms with E-state index in [2.05, 4.69) is 19.7 Å². The standard InChI is InChI=1S/C22H18F7N5O3S/c1-11-18(16(38-34-11)8-13-9-32-17(10-31-13)21(24,25)26)19(35)33-12-3-4-14(23)15(7-12)37-6-2-5-30-20(36)22(27,28)29/h3-4,7,9-10H,2,5-6,8H2,1H3,(H,30,36)(H,33,35). The van der Waals surface area contributed by atoms with E-state index in [1.165, 1.54) is 6.07 Å². The molecule has 0 atom stereocenters. The predicted molar refractivity (Wildman–Crippen MR) is 120 cm³/mol. The topological polar surface area (TPSA) is 106 Å². The summed E-state index contributed by atoms with van der Waals surface area (Å²) in [5.41, 5.74) is -0.340. The molecule has 8 nitrogen and oxygen atoms in total. The number of rotatable bonds is 9. The number of hydrogen-bond acceptors (Lipinski definition) is 7. The number of nitrogens with one attached hydrogen (secondary N) is 2. The van der Waals surface area contributed by atoms with Crippen LogP contribution in [0.3, 0.4) is 0 Å². The number of aryl methyl sites for hydroxylation is 1. The van der Waals surface area contributed by atoms with Crippen LogP contribution in [-0.2, 0) is 17.4 Å². The third-order valence-corrected chi connectivity index (χ3v) is 5.74. The van der Waals surface area contributed by atoms with E-state index >= 15 is 0 Å². The number of anilines is 1. The molecule has 2 heterocycles. The van der Waals surface area contributed by atoms with Gasteiger partial charge in [-0.2, -0.15) is 30.7 Å². The van der Waals surface area contributed by atoms with Crippen LogP contribution in [0.4, 0.5) is 36.4 Å². The average Bonchev–Trinajstić information content (AvgIpc) is 3.19. The molecule has 0 saturated carbocycles. The van der Waals surface area contributed by atoms with Crippen molar-refractivity contribution in [3.05, 3.63) is 63.9 Å². The summed E-state index contributed by atoms with van der Waals surface area (Å²) in [4.78, 5) is 31.2. The van der Waals surface area contributed by atoms with Gasteiger partial charge in [-0.25, -0.2) is 9.37 Å². The van der Waals surface area contributed by atoms with Crippen LogP contribution < -0.4 is 15.4 Å². The van der Waals surface area contributed by atoms with Crippen molar-refractivity contribution in [3.8, 4) is 5.75 Å². The summed E-state index contributed by atoms with van der Waals surface area (Å²) in [5.74, 6) is -3.81. The minimum atomic E-state index is -5.01. The summed E-state index contributed by atoms with van der Waals surface area (Å²) in [5, 5.41) is 4.21. The van der Waals surface area contributed by atoms with Gasteiger partial charge in [0.25, 0.3) is 5.91 Å². The Hall–Kier alpha value is -3.82. The molecule has 0 saturated heterocycles. The van der Waals surface area contributed by atoms with Crippen molar-refractivity contribution >= 4 is 29.0 Å². The first-order valence-corrected chi connectivity index (χ1v) is 11.4. The molecule has 0 aliphatic heterocycles. The van der Waals surface area contributed by atoms with Crippen molar-refractivity contribution < 1.29 is 45.1 Å². The molecule has 204 valence electrons. The first-order chi connectivity index (χ1) is 17.8. The summed E-state index contributed by atoms with van der Waals surface area (Å²) >= 11 is 0.959. The minimum absolute atomic E-state index is 0.0119. The number of nitrogens with zero attached hydrogens (tertiary/aromatic N) is 3. The Morgan fingerprint density at radius 3 is 2.45 bits per heavy atom. The normalized spacial score (nSPS) is 11.8. The SMILES string of the molecule is Cc1nsc(Cc2cnc(C(F)(F)F)cn2)c1C(=O)Nc1ccc(F)c(OCCCNC(=O)C(F)(F)F)c1. The molecule has 0 radical (unpaired) electrons. The van der Waals surface area contributed by atoms with Crippen LogP contribution in [0.1, 0.15) is 38.7 Å². The largest absolute Gasteiger partial charge is 0.490 e. The molecule has 16 heteroatoms. The van der Waals surface area contributed by atoms with Gasteiger partial charge in [-0.1, -0.05) is 0 Å². The quantitative estimate of drug-likeness (QED) is 0.288. The summed E-state index contributed by atoms with van der Waals surface area (Å²) in [6.45, 7) is 0.981. The highest BCUT2D eigenvalue weighted by molar-refractivity contribution is 7.06. The van der Waals surface area contributed by atoms with Crippen molar-refractivity contribution in [2.75, 3.05) is 18.5 Å². The van der Waals surface area contributed by atoms with E-state index in [-0.39, 0.29) is 48.7 Å². The smallest absolute Gasteiger partial charge is 0.471 e. The first-order valence-electron chi connectivity index (χ1n) is 10.7. The number of alkyl halides is 6. The highest BCUT2D eigenvalue weighted by Crippen LogP contribution is 2.28. The van der Waals surface area contributed by atoms with Gasteiger partial charge < -0.3 is 15.4 Å². The van der Waals surface area contributed by atoms with Crippen LogP contribution in [0.5, 0.6) is 5.75 Å². The van der Waals surface area contributed by atoms with E-state index < -0.39 is 35.7 Å². The van der Waals surface area contributed by atoms with Crippen LogP contribution in [0.2, 0.25) is 0 Å². The first kappa shape index (κ1) is 28.7. The van der Waals surface area contributed by atoms with Crippen molar-refractivity contribution in [1.82, 2.24) is 19.7 Å². The number of amides is 2. The van der Waals surface area contributed by atoms with Gasteiger partial charge in [-0.3, -0.25) is 14.6 Å². The number of aromatic nitrogens is 3. The number of halogens is 7. The minimum Gasteiger partial charge on any atom is -0.490 e. The number of hydrogen-bond donors (Lipinski definition) is 2. The van der Waals surface area contributed by atoms with Crippen LogP contribution in [0.25, 0.3) is 0 Å². The number of ether oxygens (including phenoxy) is 1. The molecule has 0 bridgehead atoms. The van der Waals surface area contributed by atoms with Crippen molar-refractivity contribution in [2.24, 2.45) is 0 Å². The Kier molecular flexibility index (Phi) is 8.85. The van der Waals surface area contributed by atoms with E-state index in [1.54, 1.807) is 12.2 Å². The van der Waals surface area contributed by atoms with E-state index in [0.717, 1.165) is 29.9 Å². The monoisotopic (exact) mass is 565 g/mol. The van der Waals surface area contributed by atoms with Crippen molar-refractivity contribution in [1.29, 1.82) is 0 Å². The second-order valence-electron chi connectivity index (χ2n) is 7.69. The lowest BCUT2D eigenvalue weighted by atomic mass is 10.1. The van der Waals surface area contributed by atoms with Gasteiger partial charge in [0.2, 0.25) is 0 Å². The zero-order valence-electron chi connectivity index (χ0n) is 19.3. The molecule has 0 spiro atoms. The van der Waals surface area contributed by atoms with Gasteiger partial charge in [-0.15, -0.1) is 0 Å². The lowest BCUT2D eigenvalue weighted by molar-refractivity contribution is -0.173. The molecule has 0 aliphatic rings. The fourth-order valence-corrected chi connectivity index (χ4v) is 3.91. The zero-order chi connectivity index (χ0) is 28.1. The molecule has 38 heavy (non-hydrogen) atoms. The molecule has 2 aromatic heterocycles. The Labute approximate surface area is 214 Å². The third kappa shape index (κ3) is 7.60. The van der Waals surface area contributed by atoms with Crippen molar-refractivity contribution in [2.45, 2.75) is 32.1 Å². The Morgan fingerprint density at radius 1 is 1.08 bits per heavy atom. The summed E-state index contributed by atoms with van der Waals surface area (Å²) < 4.78 is 98.0. The number of carbonyl (C=O) groups excluding carboxylic acids is 2. The highest BCUT2D eigenvalue weighted by Gasteiger charge is 2.38. The van der Waals surface area contributed by atoms with Gasteiger partial charge in [0.1, 0.15) is 0 Å². The number of benzene rings is 1. The summed E-state index contributed by atoms with van der Waals surface area (Å²) in [7, 11) is 0. The molecule has 3 aromatic rings. The maximum absolute atomic E-state index is 14.1. The molecule has 2 N–H and O–H groups in total. The lowest BCUT2D eigenvalue weighted by Gasteiger charge is -2.12. The fourth-order valence-electron chi connectivity index (χ4n) is 3.03. The fraction of sp³-hybridized carbons (Fsp3) is 0.318. The molecular weight excluding hydrogens is 547 g/mol. The molecule has 3 rings (SSSR count). The maximum atomic E-state index is 14.1. The Balaban J connectivity index is 1.63. The Bertz CT molecular complexity index is 1290. The van der Waals surface area contributed by atoms with Crippen LogP contribution >= 0.6 is 11.5 Å². The van der Waals surface area contributed by atoms with E-state index in [4.69, 9.17) is 4.74 Å². The van der Waals surface area contributed by atoms with Gasteiger partial charge >= 0.3 is 18.3 Å². The van der Waals surface area contributed by atoms with Crippen LogP contribution in [0, 0.1) is 12.7 Å². The average molecular weight is 565 g/mol. The van der Waals surface area contributed by atoms with Gasteiger partial charge in [-0.05, 0) is 37.0 Å². The second-order valence-corrected chi connectivity index (χ2v) is 8.55. The molecule has 1 aromatic carbocycles. The van der Waals surface area contributed by atoms with E-state index in [1.807, 2.05) is 0 Å². The zero-order valence-corrected chi connectivity index (χ0v) is 20.2. The summed E-state index contributed by atoms with van der Waals surface area (Å²) in [6, 6.07) is 3.42. The van der Waals surface area contributed by atoms with Gasteiger partial charge in [0.05, 0.1) is 29.8 Å². The van der Waals surface area contributed by atoms with E-state index in [9.17, 15) is 40.3 Å². The molecule has 2 amide bonds. The Morgan fingerprint density at radius 2 is 1.82 bits per heavy atom. The third-order valence-electron chi connectivity index (χ3n) is 4.81. The van der Waals surface area contributed by atoms with Gasteiger partial charge in [0, 0.05) is 35.8 Å². The lowest BCUT2D eigenvalue weighted by Crippen LogP contribution is -2.37. The number of carbonyl (C=O) groups is 2. The predicted octanol–water partition coefficient (Wildman–Crippen LogP) is 4.69. The highest BCUT2D eigenvalue weighted by atomic mass is 32.1. The van der Waals surface area contributed by atoms with Crippen LogP contribution in [-0.4, -0.2) is 45.5 Å². The van der Waals surface area contributed by atoms with E-state index in [0.29, 0.717) is 16.8 Å². The molecule has 0 aliphatic carbocycles. The molecule has 0 unspecified atom stereocenters. The maximum Gasteiger partial charge on any atom is 0.471 e. The van der Waals surface area contributed by atoms with Crippen LogP contribution in [0.15, 0.2) is 30.6 Å². The molecule has 0 fully saturated rings. The molecular formula is C22H18F7N5O3S.